The quantitative estimate of drug-likeness (QED) is 0.364. The molecule has 3 rings (SSSR count). The summed E-state index contributed by atoms with van der Waals surface area (Å²) in [5, 5.41) is 25.2. The number of oxime groups is 2. The summed E-state index contributed by atoms with van der Waals surface area (Å²) in [6.45, 7) is 6.46. The number of benzene rings is 2. The van der Waals surface area contributed by atoms with Crippen LogP contribution in [0.5, 0.6) is 23.0 Å². The fourth-order valence-corrected chi connectivity index (χ4v) is 3.55. The van der Waals surface area contributed by atoms with Gasteiger partial charge in [0.2, 0.25) is 0 Å². The average molecular weight is 503 g/mol. The molecule has 0 unspecified atom stereocenters. The van der Waals surface area contributed by atoms with Gasteiger partial charge in [-0.25, -0.2) is 0 Å². The second-order valence-electron chi connectivity index (χ2n) is 7.74. The van der Waals surface area contributed by atoms with E-state index in [1.165, 1.54) is 0 Å². The van der Waals surface area contributed by atoms with Crippen LogP contribution < -0.4 is 18.9 Å². The fraction of sp³-hybridized carbons (Fsp3) is 0.462. The van der Waals surface area contributed by atoms with Crippen molar-refractivity contribution in [1.29, 1.82) is 0 Å². The SMILES string of the molecule is CCC(=NO)c1ccc2c(c1)OCCOCCOc1cc(C(CC)=NO)ccc1OCCOCCO2. The van der Waals surface area contributed by atoms with Gasteiger partial charge in [0.25, 0.3) is 0 Å². The minimum Gasteiger partial charge on any atom is -0.487 e. The van der Waals surface area contributed by atoms with Gasteiger partial charge in [-0.2, -0.15) is 0 Å². The molecule has 0 bridgehead atoms. The zero-order chi connectivity index (χ0) is 25.6. The van der Waals surface area contributed by atoms with Crippen LogP contribution in [0.1, 0.15) is 37.8 Å². The van der Waals surface area contributed by atoms with Gasteiger partial charge >= 0.3 is 0 Å². The molecule has 0 radical (unpaired) electrons. The lowest BCUT2D eigenvalue weighted by molar-refractivity contribution is 0.0640. The third-order valence-corrected chi connectivity index (χ3v) is 5.41. The summed E-state index contributed by atoms with van der Waals surface area (Å²) in [7, 11) is 0. The Balaban J connectivity index is 1.67. The molecule has 0 fully saturated rings. The van der Waals surface area contributed by atoms with Crippen molar-refractivity contribution < 1.29 is 38.8 Å². The Morgan fingerprint density at radius 3 is 1.28 bits per heavy atom. The maximum atomic E-state index is 9.25. The molecule has 0 amide bonds. The second-order valence-corrected chi connectivity index (χ2v) is 7.74. The minimum atomic E-state index is 0.296. The van der Waals surface area contributed by atoms with E-state index in [9.17, 15) is 10.4 Å². The first-order valence-corrected chi connectivity index (χ1v) is 12.1. The largest absolute Gasteiger partial charge is 0.487 e. The summed E-state index contributed by atoms with van der Waals surface area (Å²) in [5.74, 6) is 2.20. The van der Waals surface area contributed by atoms with Crippen molar-refractivity contribution in [3.05, 3.63) is 47.5 Å². The van der Waals surface area contributed by atoms with Gasteiger partial charge in [-0.15, -0.1) is 0 Å². The summed E-state index contributed by atoms with van der Waals surface area (Å²) < 4.78 is 34.9. The minimum absolute atomic E-state index is 0.296. The molecule has 1 aliphatic heterocycles. The predicted molar refractivity (Wildman–Crippen MR) is 134 cm³/mol. The highest BCUT2D eigenvalue weighted by molar-refractivity contribution is 6.01. The first-order chi connectivity index (χ1) is 17.7. The first kappa shape index (κ1) is 27.1. The number of nitrogens with zero attached hydrogens (tertiary/aromatic N) is 2. The van der Waals surface area contributed by atoms with Gasteiger partial charge in [0.15, 0.2) is 23.0 Å². The van der Waals surface area contributed by atoms with Gasteiger partial charge in [0.05, 0.1) is 37.9 Å². The third-order valence-electron chi connectivity index (χ3n) is 5.41. The Bertz CT molecular complexity index is 945. The Hall–Kier alpha value is -3.50. The molecule has 0 atom stereocenters. The molecule has 36 heavy (non-hydrogen) atoms. The summed E-state index contributed by atoms with van der Waals surface area (Å²) >= 11 is 0. The first-order valence-electron chi connectivity index (χ1n) is 12.1. The molecule has 10 nitrogen and oxygen atoms in total. The van der Waals surface area contributed by atoms with Gasteiger partial charge in [-0.05, 0) is 49.2 Å². The van der Waals surface area contributed by atoms with Gasteiger partial charge in [0, 0.05) is 11.1 Å². The maximum absolute atomic E-state index is 9.25. The van der Waals surface area contributed by atoms with E-state index in [0.29, 0.717) is 100 Å². The molecule has 10 heteroatoms. The van der Waals surface area contributed by atoms with Crippen molar-refractivity contribution in [3.63, 3.8) is 0 Å². The number of rotatable bonds is 4. The van der Waals surface area contributed by atoms with E-state index >= 15 is 0 Å². The number of ether oxygens (including phenoxy) is 6. The van der Waals surface area contributed by atoms with E-state index in [0.717, 1.165) is 11.1 Å². The highest BCUT2D eigenvalue weighted by atomic mass is 16.6. The average Bonchev–Trinajstić information content (AvgIpc) is 2.90. The molecule has 1 aliphatic rings. The molecule has 0 saturated carbocycles. The predicted octanol–water partition coefficient (Wildman–Crippen LogP) is 4.13. The van der Waals surface area contributed by atoms with Crippen molar-refractivity contribution in [3.8, 4) is 23.0 Å². The smallest absolute Gasteiger partial charge is 0.161 e. The molecule has 2 aromatic rings. The maximum Gasteiger partial charge on any atom is 0.161 e. The van der Waals surface area contributed by atoms with Crippen LogP contribution in [0.15, 0.2) is 46.7 Å². The monoisotopic (exact) mass is 502 g/mol. The van der Waals surface area contributed by atoms with Crippen molar-refractivity contribution in [2.75, 3.05) is 52.9 Å². The van der Waals surface area contributed by atoms with E-state index in [-0.39, 0.29) is 0 Å². The van der Waals surface area contributed by atoms with Crippen LogP contribution in [-0.2, 0) is 9.47 Å². The van der Waals surface area contributed by atoms with E-state index in [1.54, 1.807) is 24.3 Å². The zero-order valence-corrected chi connectivity index (χ0v) is 20.8. The van der Waals surface area contributed by atoms with Gasteiger partial charge in [-0.3, -0.25) is 0 Å². The van der Waals surface area contributed by atoms with Crippen LogP contribution in [0.3, 0.4) is 0 Å². The lowest BCUT2D eigenvalue weighted by atomic mass is 10.1. The molecule has 2 N–H and O–H groups in total. The Morgan fingerprint density at radius 1 is 0.583 bits per heavy atom. The third kappa shape index (κ3) is 7.76. The van der Waals surface area contributed by atoms with Gasteiger partial charge < -0.3 is 38.8 Å². The van der Waals surface area contributed by atoms with Gasteiger partial charge in [0.1, 0.15) is 26.4 Å². The van der Waals surface area contributed by atoms with E-state index in [4.69, 9.17) is 28.4 Å². The van der Waals surface area contributed by atoms with Crippen molar-refractivity contribution >= 4 is 11.4 Å². The number of hydrogen-bond donors (Lipinski definition) is 2. The Kier molecular flexibility index (Phi) is 11.1. The Labute approximate surface area is 211 Å². The summed E-state index contributed by atoms with van der Waals surface area (Å²) in [6.07, 6.45) is 1.15. The topological polar surface area (TPSA) is 121 Å². The Morgan fingerprint density at radius 2 is 0.944 bits per heavy atom. The van der Waals surface area contributed by atoms with Crippen molar-refractivity contribution in [1.82, 2.24) is 0 Å². The summed E-state index contributed by atoms with van der Waals surface area (Å²) in [4.78, 5) is 0. The van der Waals surface area contributed by atoms with E-state index < -0.39 is 0 Å². The molecule has 0 aromatic heterocycles. The van der Waals surface area contributed by atoms with Crippen LogP contribution in [0, 0.1) is 0 Å². The molecule has 0 saturated heterocycles. The van der Waals surface area contributed by atoms with E-state index in [2.05, 4.69) is 10.3 Å². The zero-order valence-electron chi connectivity index (χ0n) is 20.8. The molecular formula is C26H34N2O8. The van der Waals surface area contributed by atoms with Crippen molar-refractivity contribution in [2.24, 2.45) is 10.3 Å². The van der Waals surface area contributed by atoms with Crippen molar-refractivity contribution in [2.45, 2.75) is 26.7 Å². The summed E-state index contributed by atoms with van der Waals surface area (Å²) in [5.41, 5.74) is 2.61. The molecule has 0 aliphatic carbocycles. The normalized spacial score (nSPS) is 16.6. The molecular weight excluding hydrogens is 468 g/mol. The fourth-order valence-electron chi connectivity index (χ4n) is 3.55. The lowest BCUT2D eigenvalue weighted by Crippen LogP contribution is -2.16. The summed E-state index contributed by atoms with van der Waals surface area (Å²) in [6, 6.07) is 10.8. The molecule has 2 aromatic carbocycles. The highest BCUT2D eigenvalue weighted by Gasteiger charge is 2.13. The van der Waals surface area contributed by atoms with Crippen LogP contribution in [0.25, 0.3) is 0 Å². The van der Waals surface area contributed by atoms with Crippen LogP contribution in [0.4, 0.5) is 0 Å². The number of fused-ring (bicyclic) bond motifs is 2. The van der Waals surface area contributed by atoms with E-state index in [1.807, 2.05) is 26.0 Å². The molecule has 1 heterocycles. The molecule has 0 spiro atoms. The number of hydrogen-bond acceptors (Lipinski definition) is 10. The van der Waals surface area contributed by atoms with Crippen LogP contribution in [-0.4, -0.2) is 74.7 Å². The standard InChI is InChI=1S/C26H34N2O8/c1-3-21(27-29)19-5-7-23-25(17-19)35-15-11-32-12-16-36-26-18-20(22(4-2)28-30)6-8-24(26)34-14-10-31-9-13-33-23/h5-8,17-18,29-30H,3-4,9-16H2,1-2H3. The van der Waals surface area contributed by atoms with Crippen LogP contribution in [0.2, 0.25) is 0 Å². The van der Waals surface area contributed by atoms with Crippen LogP contribution >= 0.6 is 0 Å². The second kappa shape index (κ2) is 14.8. The lowest BCUT2D eigenvalue weighted by Gasteiger charge is -2.17. The molecule has 196 valence electrons. The van der Waals surface area contributed by atoms with Gasteiger partial charge in [-0.1, -0.05) is 24.2 Å². The highest BCUT2D eigenvalue weighted by Crippen LogP contribution is 2.30.